The van der Waals surface area contributed by atoms with Gasteiger partial charge >= 0.3 is 0 Å². The SMILES string of the molecule is CCCn1c(=NC(=O)c2cccc(Cl)c2)sc2ccccc21. The Hall–Kier alpha value is -1.91. The Morgan fingerprint density at radius 2 is 2.05 bits per heavy atom. The quantitative estimate of drug-likeness (QED) is 0.696. The average Bonchev–Trinajstić information content (AvgIpc) is 2.85. The number of nitrogens with zero attached hydrogens (tertiary/aromatic N) is 2. The first-order valence-corrected chi connectivity index (χ1v) is 8.31. The van der Waals surface area contributed by atoms with Crippen LogP contribution in [0.2, 0.25) is 5.02 Å². The van der Waals surface area contributed by atoms with E-state index in [1.54, 1.807) is 24.3 Å². The molecule has 0 unspecified atom stereocenters. The van der Waals surface area contributed by atoms with Crippen molar-refractivity contribution in [2.24, 2.45) is 4.99 Å². The van der Waals surface area contributed by atoms with Gasteiger partial charge in [-0.2, -0.15) is 4.99 Å². The second-order valence-electron chi connectivity index (χ2n) is 4.93. The van der Waals surface area contributed by atoms with E-state index in [0.29, 0.717) is 10.6 Å². The molecule has 0 bridgehead atoms. The summed E-state index contributed by atoms with van der Waals surface area (Å²) in [6.07, 6.45) is 0.985. The van der Waals surface area contributed by atoms with Crippen LogP contribution in [0.1, 0.15) is 23.7 Å². The van der Waals surface area contributed by atoms with Gasteiger partial charge in [-0.05, 0) is 36.8 Å². The first-order chi connectivity index (χ1) is 10.7. The van der Waals surface area contributed by atoms with Crippen LogP contribution in [0.4, 0.5) is 0 Å². The van der Waals surface area contributed by atoms with Crippen LogP contribution in [0.5, 0.6) is 0 Å². The van der Waals surface area contributed by atoms with Crippen LogP contribution in [0.3, 0.4) is 0 Å². The molecule has 2 aromatic carbocycles. The van der Waals surface area contributed by atoms with Crippen molar-refractivity contribution in [1.29, 1.82) is 0 Å². The fourth-order valence-corrected chi connectivity index (χ4v) is 3.56. The van der Waals surface area contributed by atoms with Gasteiger partial charge in [0.15, 0.2) is 4.80 Å². The number of aryl methyl sites for hydroxylation is 1. The van der Waals surface area contributed by atoms with Crippen molar-refractivity contribution in [2.75, 3.05) is 0 Å². The van der Waals surface area contributed by atoms with E-state index in [9.17, 15) is 4.79 Å². The fraction of sp³-hybridized carbons (Fsp3) is 0.176. The molecule has 0 spiro atoms. The van der Waals surface area contributed by atoms with Gasteiger partial charge in [-0.25, -0.2) is 0 Å². The highest BCUT2D eigenvalue weighted by atomic mass is 35.5. The van der Waals surface area contributed by atoms with Crippen LogP contribution in [-0.2, 0) is 6.54 Å². The monoisotopic (exact) mass is 330 g/mol. The molecule has 5 heteroatoms. The molecule has 0 saturated heterocycles. The molecule has 1 amide bonds. The largest absolute Gasteiger partial charge is 0.316 e. The van der Waals surface area contributed by atoms with Crippen molar-refractivity contribution in [3.8, 4) is 0 Å². The van der Waals surface area contributed by atoms with Gasteiger partial charge in [-0.3, -0.25) is 4.79 Å². The molecule has 0 aliphatic heterocycles. The maximum atomic E-state index is 12.4. The first-order valence-electron chi connectivity index (χ1n) is 7.12. The highest BCUT2D eigenvalue weighted by molar-refractivity contribution is 7.16. The zero-order valence-corrected chi connectivity index (χ0v) is 13.7. The molecule has 0 radical (unpaired) electrons. The van der Waals surface area contributed by atoms with E-state index >= 15 is 0 Å². The number of carbonyl (C=O) groups is 1. The molecule has 1 aromatic heterocycles. The maximum absolute atomic E-state index is 12.4. The summed E-state index contributed by atoms with van der Waals surface area (Å²) in [5.74, 6) is -0.265. The van der Waals surface area contributed by atoms with E-state index in [4.69, 9.17) is 11.6 Å². The number of hydrogen-bond acceptors (Lipinski definition) is 2. The highest BCUT2D eigenvalue weighted by Crippen LogP contribution is 2.17. The van der Waals surface area contributed by atoms with Gasteiger partial charge in [0, 0.05) is 17.1 Å². The highest BCUT2D eigenvalue weighted by Gasteiger charge is 2.08. The summed E-state index contributed by atoms with van der Waals surface area (Å²) in [6, 6.07) is 15.0. The van der Waals surface area contributed by atoms with Gasteiger partial charge in [-0.1, -0.05) is 48.1 Å². The van der Waals surface area contributed by atoms with Crippen LogP contribution in [0.25, 0.3) is 10.2 Å². The lowest BCUT2D eigenvalue weighted by molar-refractivity contribution is 0.0998. The zero-order valence-electron chi connectivity index (χ0n) is 12.1. The molecule has 3 aromatic rings. The van der Waals surface area contributed by atoms with Crippen LogP contribution < -0.4 is 4.80 Å². The molecule has 3 nitrogen and oxygen atoms in total. The van der Waals surface area contributed by atoms with Gasteiger partial charge in [0.1, 0.15) is 0 Å². The van der Waals surface area contributed by atoms with E-state index in [-0.39, 0.29) is 5.91 Å². The van der Waals surface area contributed by atoms with E-state index in [1.807, 2.05) is 12.1 Å². The lowest BCUT2D eigenvalue weighted by Crippen LogP contribution is -2.16. The van der Waals surface area contributed by atoms with E-state index in [0.717, 1.165) is 28.0 Å². The zero-order chi connectivity index (χ0) is 15.5. The Labute approximate surface area is 137 Å². The smallest absolute Gasteiger partial charge is 0.279 e. The number of amides is 1. The third kappa shape index (κ3) is 2.98. The standard InChI is InChI=1S/C17H15ClN2OS/c1-2-10-20-14-8-3-4-9-15(14)22-17(20)19-16(21)12-6-5-7-13(18)11-12/h3-9,11H,2,10H2,1H3. The summed E-state index contributed by atoms with van der Waals surface area (Å²) < 4.78 is 3.23. The number of aromatic nitrogens is 1. The summed E-state index contributed by atoms with van der Waals surface area (Å²) >= 11 is 7.47. The van der Waals surface area contributed by atoms with E-state index in [1.165, 1.54) is 11.3 Å². The Kier molecular flexibility index (Phi) is 4.41. The molecule has 1 heterocycles. The summed E-state index contributed by atoms with van der Waals surface area (Å²) in [7, 11) is 0. The number of benzene rings is 2. The van der Waals surface area contributed by atoms with E-state index < -0.39 is 0 Å². The number of fused-ring (bicyclic) bond motifs is 1. The lowest BCUT2D eigenvalue weighted by atomic mass is 10.2. The Morgan fingerprint density at radius 3 is 2.82 bits per heavy atom. The fourth-order valence-electron chi connectivity index (χ4n) is 2.32. The maximum Gasteiger partial charge on any atom is 0.279 e. The van der Waals surface area contributed by atoms with Crippen LogP contribution in [0, 0.1) is 0 Å². The molecule has 0 fully saturated rings. The Balaban J connectivity index is 2.12. The van der Waals surface area contributed by atoms with Crippen LogP contribution in [0.15, 0.2) is 53.5 Å². The predicted molar refractivity (Wildman–Crippen MR) is 91.5 cm³/mol. The van der Waals surface area contributed by atoms with Crippen molar-refractivity contribution in [3.05, 3.63) is 63.9 Å². The summed E-state index contributed by atoms with van der Waals surface area (Å²) in [4.78, 5) is 17.4. The molecular formula is C17H15ClN2OS. The van der Waals surface area contributed by atoms with Gasteiger partial charge in [0.05, 0.1) is 10.2 Å². The third-order valence-corrected chi connectivity index (χ3v) is 4.60. The van der Waals surface area contributed by atoms with Crippen molar-refractivity contribution >= 4 is 39.1 Å². The normalized spacial score (nSPS) is 12.0. The van der Waals surface area contributed by atoms with Gasteiger partial charge in [-0.15, -0.1) is 0 Å². The molecule has 0 N–H and O–H groups in total. The van der Waals surface area contributed by atoms with Gasteiger partial charge < -0.3 is 4.57 Å². The van der Waals surface area contributed by atoms with Crippen molar-refractivity contribution < 1.29 is 4.79 Å². The molecular weight excluding hydrogens is 316 g/mol. The van der Waals surface area contributed by atoms with Gasteiger partial charge in [0.25, 0.3) is 5.91 Å². The Morgan fingerprint density at radius 1 is 1.23 bits per heavy atom. The van der Waals surface area contributed by atoms with Gasteiger partial charge in [0.2, 0.25) is 0 Å². The topological polar surface area (TPSA) is 34.4 Å². The predicted octanol–water partition coefficient (Wildman–Crippen LogP) is 4.51. The minimum Gasteiger partial charge on any atom is -0.316 e. The third-order valence-electron chi connectivity index (χ3n) is 3.30. The molecule has 0 saturated carbocycles. The number of halogens is 1. The number of para-hydroxylation sites is 1. The van der Waals surface area contributed by atoms with Crippen molar-refractivity contribution in [2.45, 2.75) is 19.9 Å². The number of carbonyl (C=O) groups excluding carboxylic acids is 1. The minimum absolute atomic E-state index is 0.265. The average molecular weight is 331 g/mol. The second kappa shape index (κ2) is 6.46. The molecule has 0 aliphatic carbocycles. The van der Waals surface area contributed by atoms with Crippen molar-refractivity contribution in [3.63, 3.8) is 0 Å². The molecule has 3 rings (SSSR count). The Bertz CT molecular complexity index is 895. The van der Waals surface area contributed by atoms with Crippen LogP contribution >= 0.6 is 22.9 Å². The first kappa shape index (κ1) is 15.0. The number of hydrogen-bond donors (Lipinski definition) is 0. The summed E-state index contributed by atoms with van der Waals surface area (Å²) in [6.45, 7) is 2.95. The molecule has 22 heavy (non-hydrogen) atoms. The molecule has 0 atom stereocenters. The van der Waals surface area contributed by atoms with Crippen molar-refractivity contribution in [1.82, 2.24) is 4.57 Å². The van der Waals surface area contributed by atoms with E-state index in [2.05, 4.69) is 28.6 Å². The summed E-state index contributed by atoms with van der Waals surface area (Å²) in [5, 5.41) is 0.541. The second-order valence-corrected chi connectivity index (χ2v) is 6.38. The number of rotatable bonds is 3. The lowest BCUT2D eigenvalue weighted by Gasteiger charge is -2.02. The molecule has 0 aliphatic rings. The molecule has 112 valence electrons. The summed E-state index contributed by atoms with van der Waals surface area (Å²) in [5.41, 5.74) is 1.62. The number of thiazole rings is 1. The minimum atomic E-state index is -0.265. The van der Waals surface area contributed by atoms with Crippen LogP contribution in [-0.4, -0.2) is 10.5 Å².